The van der Waals surface area contributed by atoms with Crippen molar-refractivity contribution in [1.29, 1.82) is 0 Å². The van der Waals surface area contributed by atoms with Gasteiger partial charge in [-0.1, -0.05) is 0 Å². The average Bonchev–Trinajstić information content (AvgIpc) is 3.31. The maximum atomic E-state index is 13.3. The van der Waals surface area contributed by atoms with Gasteiger partial charge >= 0.3 is 0 Å². The minimum Gasteiger partial charge on any atom is -0.392 e. The Morgan fingerprint density at radius 3 is 2.56 bits per heavy atom. The van der Waals surface area contributed by atoms with Gasteiger partial charge in [-0.2, -0.15) is 0 Å². The van der Waals surface area contributed by atoms with Gasteiger partial charge in [0.15, 0.2) is 0 Å². The molecule has 3 aromatic rings. The number of nitrogens with zero attached hydrogens (tertiary/aromatic N) is 3. The van der Waals surface area contributed by atoms with Gasteiger partial charge < -0.3 is 19.9 Å². The Morgan fingerprint density at radius 1 is 1.11 bits per heavy atom. The number of H-pyrrole nitrogens is 1. The molecule has 8 heteroatoms. The summed E-state index contributed by atoms with van der Waals surface area (Å²) < 4.78 is 26.7. The number of hydrogen-bond acceptors (Lipinski definition) is 4. The second-order valence-electron chi connectivity index (χ2n) is 9.98. The van der Waals surface area contributed by atoms with E-state index in [-0.39, 0.29) is 11.8 Å². The molecule has 0 aliphatic carbocycles. The van der Waals surface area contributed by atoms with E-state index < -0.39 is 17.7 Å². The van der Waals surface area contributed by atoms with Gasteiger partial charge in [0.05, 0.1) is 6.10 Å². The number of aromatic amines is 1. The first-order chi connectivity index (χ1) is 17.5. The molecule has 2 saturated heterocycles. The zero-order chi connectivity index (χ0) is 25.1. The number of likely N-dealkylation sites (tertiary alicyclic amines) is 2. The van der Waals surface area contributed by atoms with Crippen LogP contribution in [0.2, 0.25) is 0 Å². The predicted molar refractivity (Wildman–Crippen MR) is 135 cm³/mol. The van der Waals surface area contributed by atoms with Crippen LogP contribution in [0.1, 0.15) is 42.7 Å². The van der Waals surface area contributed by atoms with Gasteiger partial charge in [-0.25, -0.2) is 13.8 Å². The Kier molecular flexibility index (Phi) is 7.43. The Morgan fingerprint density at radius 2 is 1.83 bits per heavy atom. The third kappa shape index (κ3) is 5.65. The molecule has 1 amide bonds. The fraction of sp³-hybridized carbons (Fsp3) is 0.429. The summed E-state index contributed by atoms with van der Waals surface area (Å²) >= 11 is 0. The van der Waals surface area contributed by atoms with Crippen LogP contribution in [0.25, 0.3) is 17.1 Å². The van der Waals surface area contributed by atoms with Crippen LogP contribution in [0.3, 0.4) is 0 Å². The number of carbonyl (C=O) groups excluding carboxylic acids is 1. The Labute approximate surface area is 209 Å². The summed E-state index contributed by atoms with van der Waals surface area (Å²) in [6.07, 6.45) is 9.88. The lowest BCUT2D eigenvalue weighted by molar-refractivity contribution is -0.128. The molecule has 6 nitrogen and oxygen atoms in total. The highest BCUT2D eigenvalue weighted by Gasteiger charge is 2.30. The lowest BCUT2D eigenvalue weighted by Crippen LogP contribution is -2.45. The van der Waals surface area contributed by atoms with Crippen LogP contribution >= 0.6 is 0 Å². The zero-order valence-corrected chi connectivity index (χ0v) is 20.2. The van der Waals surface area contributed by atoms with Crippen LogP contribution in [-0.2, 0) is 4.79 Å². The normalized spacial score (nSPS) is 19.4. The summed E-state index contributed by atoms with van der Waals surface area (Å²) in [6, 6.07) is 7.29. The SMILES string of the molecule is O=C(C=Cc1cc(F)cc(F)c1)N1CCC(C(O)CN2CCC(c3c[nH]c4ncccc34)CC2)CC1. The number of β-amino-alcohol motifs (C(OH)–C–C–N with tert-alkyl or cyclic N) is 1. The molecule has 0 radical (unpaired) electrons. The maximum absolute atomic E-state index is 13.3. The average molecular weight is 495 g/mol. The van der Waals surface area contributed by atoms with Crippen LogP contribution in [0.5, 0.6) is 0 Å². The van der Waals surface area contributed by atoms with Crippen molar-refractivity contribution in [3.8, 4) is 0 Å². The molecule has 1 aromatic carbocycles. The Hall–Kier alpha value is -3.10. The number of nitrogens with one attached hydrogen (secondary N) is 1. The Balaban J connectivity index is 1.07. The number of pyridine rings is 1. The van der Waals surface area contributed by atoms with E-state index in [0.717, 1.165) is 50.5 Å². The van der Waals surface area contributed by atoms with Crippen LogP contribution in [0, 0.1) is 17.6 Å². The van der Waals surface area contributed by atoms with Gasteiger partial charge in [-0.15, -0.1) is 0 Å². The van der Waals surface area contributed by atoms with Crippen molar-refractivity contribution in [3.63, 3.8) is 0 Å². The molecule has 5 rings (SSSR count). The molecule has 190 valence electrons. The molecule has 0 spiro atoms. The summed E-state index contributed by atoms with van der Waals surface area (Å²) in [4.78, 5) is 24.3. The van der Waals surface area contributed by atoms with E-state index in [9.17, 15) is 18.7 Å². The monoisotopic (exact) mass is 494 g/mol. The van der Waals surface area contributed by atoms with Crippen LogP contribution in [-0.4, -0.2) is 69.6 Å². The zero-order valence-electron chi connectivity index (χ0n) is 20.2. The fourth-order valence-corrected chi connectivity index (χ4v) is 5.60. The van der Waals surface area contributed by atoms with Gasteiger partial charge in [0.25, 0.3) is 0 Å². The molecule has 36 heavy (non-hydrogen) atoms. The van der Waals surface area contributed by atoms with Gasteiger partial charge in [0, 0.05) is 49.6 Å². The Bertz CT molecular complexity index is 1210. The molecule has 2 aliphatic heterocycles. The molecule has 2 aromatic heterocycles. The summed E-state index contributed by atoms with van der Waals surface area (Å²) in [7, 11) is 0. The molecule has 4 heterocycles. The minimum absolute atomic E-state index is 0.160. The van der Waals surface area contributed by atoms with Crippen molar-refractivity contribution in [3.05, 3.63) is 71.6 Å². The van der Waals surface area contributed by atoms with Crippen LogP contribution < -0.4 is 0 Å². The number of benzene rings is 1. The molecule has 1 unspecified atom stereocenters. The van der Waals surface area contributed by atoms with E-state index in [1.54, 1.807) is 11.1 Å². The third-order valence-electron chi connectivity index (χ3n) is 7.65. The number of aromatic nitrogens is 2. The van der Waals surface area contributed by atoms with E-state index in [2.05, 4.69) is 27.1 Å². The van der Waals surface area contributed by atoms with E-state index in [4.69, 9.17) is 0 Å². The number of rotatable bonds is 6. The highest BCUT2D eigenvalue weighted by atomic mass is 19.1. The van der Waals surface area contributed by atoms with Crippen molar-refractivity contribution in [1.82, 2.24) is 19.8 Å². The first-order valence-electron chi connectivity index (χ1n) is 12.7. The first-order valence-corrected chi connectivity index (χ1v) is 12.7. The largest absolute Gasteiger partial charge is 0.392 e. The number of aliphatic hydroxyl groups is 1. The number of hydrogen-bond donors (Lipinski definition) is 2. The number of amides is 1. The second kappa shape index (κ2) is 10.9. The minimum atomic E-state index is -0.670. The summed E-state index contributed by atoms with van der Waals surface area (Å²) in [6.45, 7) is 3.71. The molecule has 2 N–H and O–H groups in total. The molecular formula is C28H32F2N4O2. The van der Waals surface area contributed by atoms with Crippen molar-refractivity contribution in [2.24, 2.45) is 5.92 Å². The lowest BCUT2D eigenvalue weighted by Gasteiger charge is -2.37. The molecular weight excluding hydrogens is 462 g/mol. The first kappa shape index (κ1) is 24.6. The van der Waals surface area contributed by atoms with Crippen molar-refractivity contribution >= 4 is 23.0 Å². The number of carbonyl (C=O) groups is 1. The van der Waals surface area contributed by atoms with E-state index in [1.165, 1.54) is 35.2 Å². The smallest absolute Gasteiger partial charge is 0.246 e. The lowest BCUT2D eigenvalue weighted by atomic mass is 9.88. The standard InChI is InChI=1S/C28H32F2N4O2/c29-22-14-19(15-23(30)16-22)3-4-27(36)34-12-7-21(8-13-34)26(35)18-33-10-5-20(6-11-33)25-17-32-28-24(25)2-1-9-31-28/h1-4,9,14-17,20-21,26,35H,5-8,10-13,18H2,(H,31,32). The van der Waals surface area contributed by atoms with E-state index in [0.29, 0.717) is 31.1 Å². The van der Waals surface area contributed by atoms with E-state index >= 15 is 0 Å². The maximum Gasteiger partial charge on any atom is 0.246 e. The second-order valence-corrected chi connectivity index (χ2v) is 9.98. The van der Waals surface area contributed by atoms with Crippen molar-refractivity contribution in [2.45, 2.75) is 37.7 Å². The van der Waals surface area contributed by atoms with Crippen LogP contribution in [0.15, 0.2) is 48.8 Å². The number of piperidine rings is 2. The molecule has 2 fully saturated rings. The van der Waals surface area contributed by atoms with Crippen molar-refractivity contribution in [2.75, 3.05) is 32.7 Å². The number of halogens is 2. The quantitative estimate of drug-likeness (QED) is 0.501. The topological polar surface area (TPSA) is 72.5 Å². The summed E-state index contributed by atoms with van der Waals surface area (Å²) in [5, 5.41) is 12.1. The molecule has 1 atom stereocenters. The van der Waals surface area contributed by atoms with Gasteiger partial charge in [-0.05, 0) is 92.1 Å². The highest BCUT2D eigenvalue weighted by Crippen LogP contribution is 2.33. The predicted octanol–water partition coefficient (Wildman–Crippen LogP) is 4.33. The van der Waals surface area contributed by atoms with E-state index in [1.807, 2.05) is 6.07 Å². The molecule has 0 saturated carbocycles. The van der Waals surface area contributed by atoms with Crippen molar-refractivity contribution < 1.29 is 18.7 Å². The highest BCUT2D eigenvalue weighted by molar-refractivity contribution is 5.91. The summed E-state index contributed by atoms with van der Waals surface area (Å²) in [5.74, 6) is -0.856. The summed E-state index contributed by atoms with van der Waals surface area (Å²) in [5.41, 5.74) is 2.59. The van der Waals surface area contributed by atoms with Gasteiger partial charge in [0.2, 0.25) is 5.91 Å². The number of fused-ring (bicyclic) bond motifs is 1. The van der Waals surface area contributed by atoms with Gasteiger partial charge in [-0.3, -0.25) is 4.79 Å². The molecule has 0 bridgehead atoms. The van der Waals surface area contributed by atoms with Gasteiger partial charge in [0.1, 0.15) is 17.3 Å². The fourth-order valence-electron chi connectivity index (χ4n) is 5.60. The molecule has 2 aliphatic rings. The third-order valence-corrected chi connectivity index (χ3v) is 7.65. The van der Waals surface area contributed by atoms with Crippen LogP contribution in [0.4, 0.5) is 8.78 Å². The number of aliphatic hydroxyl groups excluding tert-OH is 1.